The van der Waals surface area contributed by atoms with Gasteiger partial charge in [-0.2, -0.15) is 0 Å². The first kappa shape index (κ1) is 9.01. The molecular weight excluding hydrogens is 136 g/mol. The molecule has 1 N–H and O–H groups in total. The number of likely N-dealkylation sites (tertiary alicyclic amines) is 1. The van der Waals surface area contributed by atoms with E-state index in [4.69, 9.17) is 0 Å². The van der Waals surface area contributed by atoms with E-state index in [-0.39, 0.29) is 0 Å². The summed E-state index contributed by atoms with van der Waals surface area (Å²) in [6.07, 6.45) is 2.73. The second kappa shape index (κ2) is 4.73. The normalized spacial score (nSPS) is 27.3. The minimum absolute atomic E-state index is 0.758. The van der Waals surface area contributed by atoms with Gasteiger partial charge in [0, 0.05) is 12.6 Å². The molecule has 1 aliphatic rings. The van der Waals surface area contributed by atoms with Gasteiger partial charge in [-0.1, -0.05) is 13.8 Å². The summed E-state index contributed by atoms with van der Waals surface area (Å²) < 4.78 is 0. The summed E-state index contributed by atoms with van der Waals surface area (Å²) in [6, 6.07) is 0.758. The molecule has 1 aliphatic heterocycles. The van der Waals surface area contributed by atoms with E-state index in [0.29, 0.717) is 0 Å². The lowest BCUT2D eigenvalue weighted by atomic mass is 10.1. The molecule has 1 atom stereocenters. The molecule has 0 amide bonds. The molecule has 0 aromatic rings. The lowest BCUT2D eigenvalue weighted by Crippen LogP contribution is -2.45. The van der Waals surface area contributed by atoms with Crippen LogP contribution in [0.15, 0.2) is 0 Å². The highest BCUT2D eigenvalue weighted by Gasteiger charge is 2.16. The molecule has 0 spiro atoms. The third-order valence-electron chi connectivity index (χ3n) is 2.45. The fourth-order valence-corrected chi connectivity index (χ4v) is 1.80. The van der Waals surface area contributed by atoms with E-state index in [1.165, 1.54) is 32.5 Å². The maximum absolute atomic E-state index is 3.51. The van der Waals surface area contributed by atoms with Crippen molar-refractivity contribution in [2.75, 3.05) is 26.2 Å². The first-order valence-corrected chi connectivity index (χ1v) is 4.82. The Hall–Kier alpha value is -0.0800. The Kier molecular flexibility index (Phi) is 3.87. The van der Waals surface area contributed by atoms with Crippen molar-refractivity contribution in [2.45, 2.75) is 32.7 Å². The maximum Gasteiger partial charge on any atom is 0.0195 e. The average molecular weight is 156 g/mol. The monoisotopic (exact) mass is 156 g/mol. The minimum Gasteiger partial charge on any atom is -0.313 e. The summed E-state index contributed by atoms with van der Waals surface area (Å²) in [7, 11) is 0. The highest BCUT2D eigenvalue weighted by molar-refractivity contribution is 4.76. The second-order valence-corrected chi connectivity index (χ2v) is 3.29. The molecule has 2 nitrogen and oxygen atoms in total. The van der Waals surface area contributed by atoms with Crippen LogP contribution in [0.4, 0.5) is 0 Å². The third-order valence-corrected chi connectivity index (χ3v) is 2.45. The lowest BCUT2D eigenvalue weighted by molar-refractivity contribution is 0.200. The standard InChI is InChI=1S/C9H20N2/c1-3-10-9-6-5-7-11(4-2)8-9/h9-10H,3-8H2,1-2H3. The summed E-state index contributed by atoms with van der Waals surface area (Å²) in [5, 5.41) is 3.51. The molecule has 0 radical (unpaired) electrons. The number of hydrogen-bond acceptors (Lipinski definition) is 2. The molecule has 0 aromatic heterocycles. The molecule has 1 fully saturated rings. The van der Waals surface area contributed by atoms with Gasteiger partial charge in [-0.15, -0.1) is 0 Å². The molecule has 0 bridgehead atoms. The lowest BCUT2D eigenvalue weighted by Gasteiger charge is -2.32. The highest BCUT2D eigenvalue weighted by atomic mass is 15.2. The third kappa shape index (κ3) is 2.80. The molecule has 1 heterocycles. The van der Waals surface area contributed by atoms with E-state index in [0.717, 1.165) is 12.6 Å². The van der Waals surface area contributed by atoms with Crippen LogP contribution in [-0.4, -0.2) is 37.1 Å². The topological polar surface area (TPSA) is 15.3 Å². The van der Waals surface area contributed by atoms with Gasteiger partial charge in [0.1, 0.15) is 0 Å². The van der Waals surface area contributed by atoms with Gasteiger partial charge in [-0.25, -0.2) is 0 Å². The summed E-state index contributed by atoms with van der Waals surface area (Å²) in [5.41, 5.74) is 0. The Morgan fingerprint density at radius 2 is 2.27 bits per heavy atom. The molecule has 2 heteroatoms. The Balaban J connectivity index is 2.21. The fourth-order valence-electron chi connectivity index (χ4n) is 1.80. The molecular formula is C9H20N2. The Morgan fingerprint density at radius 3 is 2.91 bits per heavy atom. The van der Waals surface area contributed by atoms with E-state index in [1.807, 2.05) is 0 Å². The van der Waals surface area contributed by atoms with Crippen LogP contribution in [0.5, 0.6) is 0 Å². The van der Waals surface area contributed by atoms with Gasteiger partial charge in [0.2, 0.25) is 0 Å². The van der Waals surface area contributed by atoms with Crippen LogP contribution in [0.25, 0.3) is 0 Å². The van der Waals surface area contributed by atoms with Crippen LogP contribution in [0.2, 0.25) is 0 Å². The maximum atomic E-state index is 3.51. The predicted molar refractivity (Wildman–Crippen MR) is 48.8 cm³/mol. The second-order valence-electron chi connectivity index (χ2n) is 3.29. The largest absolute Gasteiger partial charge is 0.313 e. The number of hydrogen-bond donors (Lipinski definition) is 1. The van der Waals surface area contributed by atoms with Gasteiger partial charge in [0.05, 0.1) is 0 Å². The van der Waals surface area contributed by atoms with Gasteiger partial charge in [-0.3, -0.25) is 0 Å². The van der Waals surface area contributed by atoms with Crippen molar-refractivity contribution in [1.82, 2.24) is 10.2 Å². The van der Waals surface area contributed by atoms with E-state index in [2.05, 4.69) is 24.1 Å². The number of nitrogens with one attached hydrogen (secondary N) is 1. The molecule has 0 saturated carbocycles. The van der Waals surface area contributed by atoms with Crippen molar-refractivity contribution in [3.8, 4) is 0 Å². The van der Waals surface area contributed by atoms with Crippen molar-refractivity contribution < 1.29 is 0 Å². The molecule has 1 unspecified atom stereocenters. The predicted octanol–water partition coefficient (Wildman–Crippen LogP) is 1.08. The summed E-state index contributed by atoms with van der Waals surface area (Å²) in [6.45, 7) is 9.31. The highest BCUT2D eigenvalue weighted by Crippen LogP contribution is 2.08. The fraction of sp³-hybridized carbons (Fsp3) is 1.00. The van der Waals surface area contributed by atoms with Crippen molar-refractivity contribution in [1.29, 1.82) is 0 Å². The molecule has 0 aliphatic carbocycles. The number of nitrogens with zero attached hydrogens (tertiary/aromatic N) is 1. The number of likely N-dealkylation sites (N-methyl/N-ethyl adjacent to an activating group) is 2. The van der Waals surface area contributed by atoms with E-state index in [1.54, 1.807) is 0 Å². The van der Waals surface area contributed by atoms with Crippen LogP contribution in [0.1, 0.15) is 26.7 Å². The summed E-state index contributed by atoms with van der Waals surface area (Å²) >= 11 is 0. The zero-order valence-corrected chi connectivity index (χ0v) is 7.77. The van der Waals surface area contributed by atoms with Crippen molar-refractivity contribution in [3.05, 3.63) is 0 Å². The smallest absolute Gasteiger partial charge is 0.0195 e. The Bertz CT molecular complexity index is 102. The van der Waals surface area contributed by atoms with Crippen LogP contribution in [-0.2, 0) is 0 Å². The van der Waals surface area contributed by atoms with Gasteiger partial charge >= 0.3 is 0 Å². The van der Waals surface area contributed by atoms with E-state index in [9.17, 15) is 0 Å². The first-order valence-electron chi connectivity index (χ1n) is 4.82. The van der Waals surface area contributed by atoms with Crippen molar-refractivity contribution in [2.24, 2.45) is 0 Å². The van der Waals surface area contributed by atoms with Gasteiger partial charge in [0.25, 0.3) is 0 Å². The Morgan fingerprint density at radius 1 is 1.45 bits per heavy atom. The molecule has 0 aromatic carbocycles. The van der Waals surface area contributed by atoms with Crippen LogP contribution < -0.4 is 5.32 Å². The van der Waals surface area contributed by atoms with Gasteiger partial charge in [0.15, 0.2) is 0 Å². The number of piperidine rings is 1. The SMILES string of the molecule is CCNC1CCCN(CC)C1. The number of rotatable bonds is 3. The van der Waals surface area contributed by atoms with Crippen LogP contribution in [0.3, 0.4) is 0 Å². The molecule has 66 valence electrons. The average Bonchev–Trinajstić information content (AvgIpc) is 2.06. The van der Waals surface area contributed by atoms with Crippen molar-refractivity contribution >= 4 is 0 Å². The van der Waals surface area contributed by atoms with Gasteiger partial charge in [-0.05, 0) is 32.5 Å². The quantitative estimate of drug-likeness (QED) is 0.658. The summed E-state index contributed by atoms with van der Waals surface area (Å²) in [5.74, 6) is 0. The molecule has 11 heavy (non-hydrogen) atoms. The van der Waals surface area contributed by atoms with Crippen molar-refractivity contribution in [3.63, 3.8) is 0 Å². The molecule has 1 rings (SSSR count). The zero-order valence-electron chi connectivity index (χ0n) is 7.77. The summed E-state index contributed by atoms with van der Waals surface area (Å²) in [4.78, 5) is 2.52. The van der Waals surface area contributed by atoms with Crippen LogP contribution in [0, 0.1) is 0 Å². The van der Waals surface area contributed by atoms with Crippen LogP contribution >= 0.6 is 0 Å². The first-order chi connectivity index (χ1) is 5.36. The van der Waals surface area contributed by atoms with Gasteiger partial charge < -0.3 is 10.2 Å². The molecule has 1 saturated heterocycles. The Labute approximate surface area is 70.0 Å². The zero-order chi connectivity index (χ0) is 8.10. The van der Waals surface area contributed by atoms with E-state index >= 15 is 0 Å². The van der Waals surface area contributed by atoms with E-state index < -0.39 is 0 Å². The minimum atomic E-state index is 0.758.